The van der Waals surface area contributed by atoms with Crippen molar-refractivity contribution in [3.63, 3.8) is 0 Å². The third-order valence-electron chi connectivity index (χ3n) is 6.12. The van der Waals surface area contributed by atoms with Gasteiger partial charge in [0.15, 0.2) is 6.29 Å². The maximum absolute atomic E-state index is 12.1. The van der Waals surface area contributed by atoms with Gasteiger partial charge in [0.25, 0.3) is 5.91 Å². The van der Waals surface area contributed by atoms with E-state index in [1.54, 1.807) is 6.08 Å². The van der Waals surface area contributed by atoms with Gasteiger partial charge in [0.05, 0.1) is 11.0 Å². The topological polar surface area (TPSA) is 65.4 Å². The molecular formula is C29H29N3O3. The first-order valence-corrected chi connectivity index (χ1v) is 12.1. The molecule has 1 aromatic heterocycles. The summed E-state index contributed by atoms with van der Waals surface area (Å²) in [5, 5.41) is 0. The average molecular weight is 468 g/mol. The van der Waals surface area contributed by atoms with Crippen LogP contribution in [0.15, 0.2) is 84.9 Å². The van der Waals surface area contributed by atoms with E-state index < -0.39 is 0 Å². The first-order chi connectivity index (χ1) is 17.2. The van der Waals surface area contributed by atoms with Crippen molar-refractivity contribution in [3.05, 3.63) is 107 Å². The molecule has 6 heteroatoms. The van der Waals surface area contributed by atoms with Gasteiger partial charge in [-0.15, -0.1) is 0 Å². The lowest BCUT2D eigenvalue weighted by molar-refractivity contribution is -0.198. The van der Waals surface area contributed by atoms with Crippen LogP contribution < -0.4 is 5.48 Å². The smallest absolute Gasteiger partial charge is 0.267 e. The molecule has 0 bridgehead atoms. The monoisotopic (exact) mass is 467 g/mol. The second kappa shape index (κ2) is 11.1. The lowest BCUT2D eigenvalue weighted by Gasteiger charge is -2.21. The molecule has 6 nitrogen and oxygen atoms in total. The third-order valence-corrected chi connectivity index (χ3v) is 6.12. The summed E-state index contributed by atoms with van der Waals surface area (Å²) in [4.78, 5) is 22.3. The molecule has 35 heavy (non-hydrogen) atoms. The molecule has 0 aliphatic carbocycles. The Morgan fingerprint density at radius 3 is 2.60 bits per heavy atom. The zero-order chi connectivity index (χ0) is 23.9. The Kier molecular flexibility index (Phi) is 7.32. The molecule has 1 aliphatic rings. The second-order valence-corrected chi connectivity index (χ2v) is 8.72. The van der Waals surface area contributed by atoms with E-state index in [1.165, 1.54) is 11.6 Å². The molecule has 1 atom stereocenters. The van der Waals surface area contributed by atoms with E-state index in [0.717, 1.165) is 60.2 Å². The molecule has 1 aliphatic heterocycles. The summed E-state index contributed by atoms with van der Waals surface area (Å²) in [5.74, 6) is 0.720. The van der Waals surface area contributed by atoms with Gasteiger partial charge in [-0.2, -0.15) is 0 Å². The van der Waals surface area contributed by atoms with Gasteiger partial charge in [-0.05, 0) is 47.7 Å². The standard InChI is InChI=1S/C29H29N3O3/c33-28(31-35-29-12-6-7-19-34-29)18-17-22-13-15-23(16-14-22)20-27-30-25-10-4-5-11-26(25)32(27)21-24-8-2-1-3-9-24/h1-5,8-11,13-18,29H,6-7,12,19-21H2,(H,31,33). The van der Waals surface area contributed by atoms with Gasteiger partial charge < -0.3 is 9.30 Å². The first-order valence-electron chi connectivity index (χ1n) is 12.1. The van der Waals surface area contributed by atoms with Crippen LogP contribution in [0.1, 0.15) is 41.8 Å². The predicted molar refractivity (Wildman–Crippen MR) is 136 cm³/mol. The van der Waals surface area contributed by atoms with Gasteiger partial charge in [0.2, 0.25) is 0 Å². The highest BCUT2D eigenvalue weighted by molar-refractivity contribution is 5.90. The number of nitrogens with zero attached hydrogens (tertiary/aromatic N) is 2. The number of fused-ring (bicyclic) bond motifs is 1. The van der Waals surface area contributed by atoms with Crippen LogP contribution in [0.2, 0.25) is 0 Å². The molecule has 5 rings (SSSR count). The summed E-state index contributed by atoms with van der Waals surface area (Å²) in [6.45, 7) is 1.45. The molecule has 4 aromatic rings. The molecule has 2 heterocycles. The normalized spacial score (nSPS) is 16.1. The van der Waals surface area contributed by atoms with Crippen LogP contribution in [-0.2, 0) is 27.3 Å². The lowest BCUT2D eigenvalue weighted by Crippen LogP contribution is -2.32. The maximum atomic E-state index is 12.1. The summed E-state index contributed by atoms with van der Waals surface area (Å²) in [5.41, 5.74) is 7.93. The number of hydrogen-bond donors (Lipinski definition) is 1. The number of nitrogens with one attached hydrogen (secondary N) is 1. The van der Waals surface area contributed by atoms with Crippen molar-refractivity contribution in [1.29, 1.82) is 0 Å². The quantitative estimate of drug-likeness (QED) is 0.283. The summed E-state index contributed by atoms with van der Waals surface area (Å²) >= 11 is 0. The van der Waals surface area contributed by atoms with E-state index in [2.05, 4.69) is 64.6 Å². The Labute approximate surface area is 205 Å². The first kappa shape index (κ1) is 23.0. The van der Waals surface area contributed by atoms with Gasteiger partial charge in [0.1, 0.15) is 5.82 Å². The fourth-order valence-electron chi connectivity index (χ4n) is 4.27. The number of hydrogen-bond acceptors (Lipinski definition) is 4. The van der Waals surface area contributed by atoms with Crippen LogP contribution in [0, 0.1) is 0 Å². The number of carbonyl (C=O) groups excluding carboxylic acids is 1. The largest absolute Gasteiger partial charge is 0.350 e. The molecule has 0 spiro atoms. The number of carbonyl (C=O) groups is 1. The Balaban J connectivity index is 1.24. The van der Waals surface area contributed by atoms with Crippen molar-refractivity contribution in [3.8, 4) is 0 Å². The molecule has 0 radical (unpaired) electrons. The van der Waals surface area contributed by atoms with Gasteiger partial charge in [-0.1, -0.05) is 66.7 Å². The fraction of sp³-hybridized carbons (Fsp3) is 0.241. The number of hydroxylamine groups is 1. The maximum Gasteiger partial charge on any atom is 0.267 e. The Bertz CT molecular complexity index is 1290. The number of para-hydroxylation sites is 2. The molecule has 3 aromatic carbocycles. The fourth-order valence-corrected chi connectivity index (χ4v) is 4.27. The van der Waals surface area contributed by atoms with Crippen molar-refractivity contribution in [2.75, 3.05) is 6.61 Å². The molecule has 1 fully saturated rings. The SMILES string of the molecule is O=C(C=Cc1ccc(Cc2nc3ccccc3n2Cc2ccccc2)cc1)NOC1CCCCO1. The molecule has 1 amide bonds. The van der Waals surface area contributed by atoms with E-state index in [0.29, 0.717) is 6.61 Å². The molecule has 178 valence electrons. The van der Waals surface area contributed by atoms with Gasteiger partial charge in [0, 0.05) is 32.1 Å². The van der Waals surface area contributed by atoms with Gasteiger partial charge in [-0.3, -0.25) is 4.79 Å². The van der Waals surface area contributed by atoms with Crippen LogP contribution in [0.5, 0.6) is 0 Å². The minimum atomic E-state index is -0.355. The number of aromatic nitrogens is 2. The van der Waals surface area contributed by atoms with Crippen LogP contribution in [0.3, 0.4) is 0 Å². The van der Waals surface area contributed by atoms with Crippen LogP contribution in [0.4, 0.5) is 0 Å². The molecule has 1 unspecified atom stereocenters. The van der Waals surface area contributed by atoms with Gasteiger partial charge in [-0.25, -0.2) is 15.3 Å². The van der Waals surface area contributed by atoms with E-state index in [-0.39, 0.29) is 12.2 Å². The number of imidazole rings is 1. The van der Waals surface area contributed by atoms with E-state index in [1.807, 2.05) is 24.3 Å². The molecule has 0 saturated carbocycles. The molecular weight excluding hydrogens is 438 g/mol. The minimum Gasteiger partial charge on any atom is -0.350 e. The van der Waals surface area contributed by atoms with Crippen molar-refractivity contribution < 1.29 is 14.4 Å². The summed E-state index contributed by atoms with van der Waals surface area (Å²) < 4.78 is 7.74. The van der Waals surface area contributed by atoms with Crippen molar-refractivity contribution in [1.82, 2.24) is 15.0 Å². The number of amides is 1. The van der Waals surface area contributed by atoms with Crippen LogP contribution >= 0.6 is 0 Å². The van der Waals surface area contributed by atoms with E-state index in [4.69, 9.17) is 14.6 Å². The van der Waals surface area contributed by atoms with Crippen LogP contribution in [-0.4, -0.2) is 28.4 Å². The van der Waals surface area contributed by atoms with Crippen molar-refractivity contribution in [2.24, 2.45) is 0 Å². The lowest BCUT2D eigenvalue weighted by atomic mass is 10.1. The third kappa shape index (κ3) is 6.04. The Morgan fingerprint density at radius 1 is 1.00 bits per heavy atom. The zero-order valence-electron chi connectivity index (χ0n) is 19.6. The highest BCUT2D eigenvalue weighted by atomic mass is 16.8. The number of ether oxygens (including phenoxy) is 1. The predicted octanol–water partition coefficient (Wildman–Crippen LogP) is 5.26. The molecule has 1 saturated heterocycles. The average Bonchev–Trinajstić information content (AvgIpc) is 3.25. The number of rotatable bonds is 8. The van der Waals surface area contributed by atoms with Gasteiger partial charge >= 0.3 is 0 Å². The zero-order valence-corrected chi connectivity index (χ0v) is 19.6. The van der Waals surface area contributed by atoms with E-state index in [9.17, 15) is 4.79 Å². The Hall–Kier alpha value is -3.74. The van der Waals surface area contributed by atoms with Crippen molar-refractivity contribution in [2.45, 2.75) is 38.5 Å². The van der Waals surface area contributed by atoms with E-state index >= 15 is 0 Å². The second-order valence-electron chi connectivity index (χ2n) is 8.72. The number of benzene rings is 3. The highest BCUT2D eigenvalue weighted by Crippen LogP contribution is 2.21. The van der Waals surface area contributed by atoms with Crippen LogP contribution in [0.25, 0.3) is 17.1 Å². The van der Waals surface area contributed by atoms with Crippen molar-refractivity contribution >= 4 is 23.0 Å². The summed E-state index contributed by atoms with van der Waals surface area (Å²) in [6.07, 6.45) is 6.49. The highest BCUT2D eigenvalue weighted by Gasteiger charge is 2.15. The summed E-state index contributed by atoms with van der Waals surface area (Å²) in [7, 11) is 0. The minimum absolute atomic E-state index is 0.308. The summed E-state index contributed by atoms with van der Waals surface area (Å²) in [6, 6.07) is 26.9. The molecule has 1 N–H and O–H groups in total. The Morgan fingerprint density at radius 2 is 1.80 bits per heavy atom.